The molecule has 5 rings (SSSR count). The molecule has 0 unspecified atom stereocenters. The van der Waals surface area contributed by atoms with Crippen LogP contribution in [0.1, 0.15) is 23.3 Å². The maximum absolute atomic E-state index is 14.6. The van der Waals surface area contributed by atoms with Crippen LogP contribution in [0, 0.1) is 17.5 Å². The quantitative estimate of drug-likeness (QED) is 0.239. The second-order valence-corrected chi connectivity index (χ2v) is 8.46. The highest BCUT2D eigenvalue weighted by atomic mass is 32.1. The number of thiazole rings is 1. The molecule has 0 spiro atoms. The van der Waals surface area contributed by atoms with Crippen molar-refractivity contribution < 1.29 is 36.2 Å². The molecule has 0 N–H and O–H groups in total. The number of halogens is 5. The predicted octanol–water partition coefficient (Wildman–Crippen LogP) is 6.34. The predicted molar refractivity (Wildman–Crippen MR) is 113 cm³/mol. The van der Waals surface area contributed by atoms with E-state index in [0.717, 1.165) is 12.0 Å². The molecule has 4 aromatic rings. The number of nitrogens with zero attached hydrogens (tertiary/aromatic N) is 2. The highest BCUT2D eigenvalue weighted by Crippen LogP contribution is 2.38. The Bertz CT molecular complexity index is 1320. The molecule has 1 fully saturated rings. The van der Waals surface area contributed by atoms with Crippen LogP contribution in [0.5, 0.6) is 5.75 Å². The fourth-order valence-corrected chi connectivity index (χ4v) is 4.30. The van der Waals surface area contributed by atoms with E-state index in [-0.39, 0.29) is 5.52 Å². The standard InChI is InChI=1S/C23H15F5N2O3S/c24-15-9-14(10-16(25)20(15)26)33-23(27,28)22-30-18-5-2-12(8-19(18)34-22)17-4-3-13(11-29-17)21-31-6-1-7-32-21/h2-5,8-11,21H,1,6-7H2. The van der Waals surface area contributed by atoms with E-state index in [4.69, 9.17) is 9.47 Å². The zero-order valence-electron chi connectivity index (χ0n) is 17.2. The Morgan fingerprint density at radius 2 is 1.71 bits per heavy atom. The van der Waals surface area contributed by atoms with Gasteiger partial charge in [-0.25, -0.2) is 18.2 Å². The minimum absolute atomic E-state index is 0.282. The number of rotatable bonds is 5. The summed E-state index contributed by atoms with van der Waals surface area (Å²) in [5.74, 6) is -5.92. The Labute approximate surface area is 193 Å². The summed E-state index contributed by atoms with van der Waals surface area (Å²) in [4.78, 5) is 8.30. The van der Waals surface area contributed by atoms with Crippen LogP contribution in [0.2, 0.25) is 0 Å². The Morgan fingerprint density at radius 1 is 0.971 bits per heavy atom. The minimum Gasteiger partial charge on any atom is -0.427 e. The van der Waals surface area contributed by atoms with Gasteiger partial charge >= 0.3 is 6.11 Å². The van der Waals surface area contributed by atoms with E-state index in [2.05, 4.69) is 14.7 Å². The number of alkyl halides is 2. The molecule has 2 aromatic carbocycles. The first-order valence-corrected chi connectivity index (χ1v) is 10.9. The average Bonchev–Trinajstić information content (AvgIpc) is 3.28. The molecule has 3 heterocycles. The largest absolute Gasteiger partial charge is 0.454 e. The summed E-state index contributed by atoms with van der Waals surface area (Å²) in [5, 5.41) is -0.723. The molecule has 176 valence electrons. The summed E-state index contributed by atoms with van der Waals surface area (Å²) in [6, 6.07) is 9.18. The average molecular weight is 494 g/mol. The molecule has 11 heteroatoms. The lowest BCUT2D eigenvalue weighted by atomic mass is 10.1. The highest BCUT2D eigenvalue weighted by molar-refractivity contribution is 7.18. The fraction of sp³-hybridized carbons (Fsp3) is 0.217. The van der Waals surface area contributed by atoms with Gasteiger partial charge in [0.2, 0.25) is 5.01 Å². The lowest BCUT2D eigenvalue weighted by Crippen LogP contribution is -2.21. The third-order valence-electron chi connectivity index (χ3n) is 5.02. The van der Waals surface area contributed by atoms with Gasteiger partial charge in [0.25, 0.3) is 0 Å². The van der Waals surface area contributed by atoms with E-state index in [0.29, 0.717) is 52.6 Å². The first-order valence-electron chi connectivity index (χ1n) is 10.1. The van der Waals surface area contributed by atoms with E-state index in [1.807, 2.05) is 6.07 Å². The zero-order chi connectivity index (χ0) is 23.9. The first-order chi connectivity index (χ1) is 16.3. The monoisotopic (exact) mass is 494 g/mol. The van der Waals surface area contributed by atoms with Gasteiger partial charge in [-0.2, -0.15) is 8.78 Å². The molecule has 0 aliphatic carbocycles. The zero-order valence-corrected chi connectivity index (χ0v) is 18.1. The minimum atomic E-state index is -4.00. The van der Waals surface area contributed by atoms with Gasteiger partial charge < -0.3 is 14.2 Å². The van der Waals surface area contributed by atoms with E-state index in [9.17, 15) is 22.0 Å². The summed E-state index contributed by atoms with van der Waals surface area (Å²) < 4.78 is 85.0. The lowest BCUT2D eigenvalue weighted by Gasteiger charge is -2.23. The maximum atomic E-state index is 14.6. The molecule has 1 aliphatic heterocycles. The van der Waals surface area contributed by atoms with Crippen LogP contribution in [0.15, 0.2) is 48.7 Å². The summed E-state index contributed by atoms with van der Waals surface area (Å²) in [6.07, 6.45) is -2.00. The van der Waals surface area contributed by atoms with Crippen molar-refractivity contribution in [1.82, 2.24) is 9.97 Å². The van der Waals surface area contributed by atoms with Crippen LogP contribution < -0.4 is 4.74 Å². The van der Waals surface area contributed by atoms with Gasteiger partial charge in [-0.3, -0.25) is 4.98 Å². The smallest absolute Gasteiger partial charge is 0.427 e. The summed E-state index contributed by atoms with van der Waals surface area (Å²) >= 11 is 0.654. The van der Waals surface area contributed by atoms with E-state index >= 15 is 0 Å². The molecule has 0 saturated carbocycles. The second-order valence-electron chi connectivity index (χ2n) is 7.43. The van der Waals surface area contributed by atoms with Gasteiger partial charge in [-0.1, -0.05) is 12.1 Å². The molecular weight excluding hydrogens is 479 g/mol. The molecule has 5 nitrogen and oxygen atoms in total. The normalized spacial score (nSPS) is 15.1. The number of hydrogen-bond donors (Lipinski definition) is 0. The lowest BCUT2D eigenvalue weighted by molar-refractivity contribution is -0.185. The van der Waals surface area contributed by atoms with Gasteiger partial charge in [0.1, 0.15) is 5.75 Å². The van der Waals surface area contributed by atoms with E-state index < -0.39 is 40.6 Å². The fourth-order valence-electron chi connectivity index (χ4n) is 3.39. The van der Waals surface area contributed by atoms with E-state index in [1.54, 1.807) is 30.5 Å². The molecule has 1 saturated heterocycles. The van der Waals surface area contributed by atoms with Crippen molar-refractivity contribution in [2.45, 2.75) is 18.8 Å². The van der Waals surface area contributed by atoms with Gasteiger partial charge in [0, 0.05) is 29.5 Å². The molecular formula is C23H15F5N2O3S. The van der Waals surface area contributed by atoms with Crippen LogP contribution in [-0.4, -0.2) is 23.2 Å². The number of fused-ring (bicyclic) bond motifs is 1. The first kappa shape index (κ1) is 22.6. The Balaban J connectivity index is 1.39. The number of hydrogen-bond acceptors (Lipinski definition) is 6. The number of aromatic nitrogens is 2. The van der Waals surface area contributed by atoms with Gasteiger partial charge in [0.15, 0.2) is 23.7 Å². The molecule has 0 bridgehead atoms. The van der Waals surface area contributed by atoms with Crippen molar-refractivity contribution in [3.8, 4) is 17.0 Å². The summed E-state index contributed by atoms with van der Waals surface area (Å²) in [5.41, 5.74) is 2.34. The van der Waals surface area contributed by atoms with Crippen molar-refractivity contribution in [1.29, 1.82) is 0 Å². The molecule has 0 amide bonds. The topological polar surface area (TPSA) is 53.5 Å². The van der Waals surface area contributed by atoms with Crippen LogP contribution in [0.25, 0.3) is 21.5 Å². The number of pyridine rings is 1. The molecule has 0 radical (unpaired) electrons. The highest BCUT2D eigenvalue weighted by Gasteiger charge is 2.39. The van der Waals surface area contributed by atoms with Crippen molar-refractivity contribution in [2.75, 3.05) is 13.2 Å². The van der Waals surface area contributed by atoms with Crippen LogP contribution in [-0.2, 0) is 15.6 Å². The van der Waals surface area contributed by atoms with Crippen LogP contribution >= 0.6 is 11.3 Å². The molecule has 34 heavy (non-hydrogen) atoms. The SMILES string of the molecule is Fc1cc(OC(F)(F)c2nc3ccc(-c4ccc(C5OCCCO5)cn4)cc3s2)cc(F)c1F. The summed E-state index contributed by atoms with van der Waals surface area (Å²) in [6.45, 7) is 1.21. The Hall–Kier alpha value is -3.15. The van der Waals surface area contributed by atoms with Gasteiger partial charge in [-0.15, -0.1) is 11.3 Å². The van der Waals surface area contributed by atoms with Crippen molar-refractivity contribution in [3.63, 3.8) is 0 Å². The van der Waals surface area contributed by atoms with Crippen LogP contribution in [0.3, 0.4) is 0 Å². The van der Waals surface area contributed by atoms with Crippen LogP contribution in [0.4, 0.5) is 22.0 Å². The van der Waals surface area contributed by atoms with Crippen molar-refractivity contribution in [3.05, 3.63) is 76.7 Å². The molecule has 1 aliphatic rings. The summed E-state index contributed by atoms with van der Waals surface area (Å²) in [7, 11) is 0. The maximum Gasteiger partial charge on any atom is 0.454 e. The second kappa shape index (κ2) is 8.90. The van der Waals surface area contributed by atoms with E-state index in [1.165, 1.54) is 0 Å². The molecule has 2 aromatic heterocycles. The van der Waals surface area contributed by atoms with Crippen molar-refractivity contribution in [2.24, 2.45) is 0 Å². The molecule has 0 atom stereocenters. The number of ether oxygens (including phenoxy) is 3. The van der Waals surface area contributed by atoms with Gasteiger partial charge in [0.05, 0.1) is 29.1 Å². The van der Waals surface area contributed by atoms with Crippen molar-refractivity contribution >= 4 is 21.6 Å². The van der Waals surface area contributed by atoms with Gasteiger partial charge in [-0.05, 0) is 24.6 Å². The Morgan fingerprint density at radius 3 is 2.38 bits per heavy atom. The Kier molecular flexibility index (Phi) is 5.92. The third kappa shape index (κ3) is 4.46. The third-order valence-corrected chi connectivity index (χ3v) is 6.09. The number of benzene rings is 2.